The van der Waals surface area contributed by atoms with Crippen LogP contribution in [0, 0.1) is 18.3 Å². The molecule has 1 atom stereocenters. The molecule has 1 aliphatic carbocycles. The summed E-state index contributed by atoms with van der Waals surface area (Å²) in [5, 5.41) is 3.38. The molecule has 92 valence electrons. The number of ether oxygens (including phenoxy) is 1. The van der Waals surface area contributed by atoms with Gasteiger partial charge in [0, 0.05) is 26.2 Å². The Morgan fingerprint density at radius 1 is 1.56 bits per heavy atom. The van der Waals surface area contributed by atoms with E-state index < -0.39 is 0 Å². The fourth-order valence-electron chi connectivity index (χ4n) is 1.89. The summed E-state index contributed by atoms with van der Waals surface area (Å²) in [7, 11) is 1.75. The first-order valence-electron chi connectivity index (χ1n) is 6.19. The summed E-state index contributed by atoms with van der Waals surface area (Å²) < 4.78 is 5.28. The molecular formula is C13H24N2O. The fraction of sp³-hybridized carbons (Fsp3) is 0.846. The first kappa shape index (κ1) is 13.5. The van der Waals surface area contributed by atoms with Crippen molar-refractivity contribution in [1.82, 2.24) is 10.2 Å². The van der Waals surface area contributed by atoms with Gasteiger partial charge in [0.25, 0.3) is 0 Å². The average molecular weight is 224 g/mol. The second-order valence-corrected chi connectivity index (χ2v) is 4.49. The number of hydrogen-bond donors (Lipinski definition) is 1. The Kier molecular flexibility index (Phi) is 6.47. The Morgan fingerprint density at radius 3 is 2.81 bits per heavy atom. The third-order valence-electron chi connectivity index (χ3n) is 2.99. The molecule has 16 heavy (non-hydrogen) atoms. The third-order valence-corrected chi connectivity index (χ3v) is 2.99. The van der Waals surface area contributed by atoms with Gasteiger partial charge in [-0.25, -0.2) is 0 Å². The third kappa shape index (κ3) is 4.98. The highest BCUT2D eigenvalue weighted by atomic mass is 16.5. The van der Waals surface area contributed by atoms with Crippen molar-refractivity contribution in [2.24, 2.45) is 5.92 Å². The quantitative estimate of drug-likeness (QED) is 0.590. The van der Waals surface area contributed by atoms with Crippen LogP contribution in [0.3, 0.4) is 0 Å². The fourth-order valence-corrected chi connectivity index (χ4v) is 1.89. The normalized spacial score (nSPS) is 17.4. The van der Waals surface area contributed by atoms with Crippen LogP contribution in [-0.2, 0) is 4.74 Å². The number of methoxy groups -OCH3 is 1. The van der Waals surface area contributed by atoms with Crippen LogP contribution in [0.25, 0.3) is 0 Å². The van der Waals surface area contributed by atoms with E-state index in [-0.39, 0.29) is 0 Å². The zero-order chi connectivity index (χ0) is 11.8. The van der Waals surface area contributed by atoms with Gasteiger partial charge in [-0.05, 0) is 25.3 Å². The van der Waals surface area contributed by atoms with E-state index in [1.807, 2.05) is 0 Å². The van der Waals surface area contributed by atoms with Crippen LogP contribution in [0.5, 0.6) is 0 Å². The molecular weight excluding hydrogens is 200 g/mol. The lowest BCUT2D eigenvalue weighted by Crippen LogP contribution is -2.46. The summed E-state index contributed by atoms with van der Waals surface area (Å²) in [5.74, 6) is 3.63. The van der Waals surface area contributed by atoms with E-state index in [4.69, 9.17) is 11.2 Å². The molecule has 0 saturated heterocycles. The van der Waals surface area contributed by atoms with Crippen molar-refractivity contribution in [3.63, 3.8) is 0 Å². The second kappa shape index (κ2) is 7.67. The van der Waals surface area contributed by atoms with Gasteiger partial charge in [-0.3, -0.25) is 4.90 Å². The lowest BCUT2D eigenvalue weighted by molar-refractivity contribution is 0.0950. The number of terminal acetylenes is 1. The first-order valence-corrected chi connectivity index (χ1v) is 6.19. The maximum absolute atomic E-state index is 5.44. The smallest absolute Gasteiger partial charge is 0.0630 e. The predicted molar refractivity (Wildman–Crippen MR) is 67.3 cm³/mol. The highest BCUT2D eigenvalue weighted by molar-refractivity contribution is 4.93. The molecule has 1 fully saturated rings. The van der Waals surface area contributed by atoms with Gasteiger partial charge in [0.2, 0.25) is 0 Å². The summed E-state index contributed by atoms with van der Waals surface area (Å²) in [6.07, 6.45) is 8.16. The number of nitrogens with zero attached hydrogens (tertiary/aromatic N) is 1. The predicted octanol–water partition coefficient (Wildman–Crippen LogP) is 0.956. The molecule has 0 heterocycles. The molecule has 1 saturated carbocycles. The topological polar surface area (TPSA) is 24.5 Å². The minimum atomic E-state index is 0.404. The second-order valence-electron chi connectivity index (χ2n) is 4.49. The Labute approximate surface area is 99.5 Å². The van der Waals surface area contributed by atoms with Crippen LogP contribution in [0.1, 0.15) is 19.8 Å². The van der Waals surface area contributed by atoms with Gasteiger partial charge in [-0.1, -0.05) is 12.8 Å². The van der Waals surface area contributed by atoms with Crippen molar-refractivity contribution in [2.75, 3.05) is 39.9 Å². The van der Waals surface area contributed by atoms with E-state index in [0.717, 1.165) is 38.7 Å². The van der Waals surface area contributed by atoms with Gasteiger partial charge >= 0.3 is 0 Å². The van der Waals surface area contributed by atoms with Gasteiger partial charge < -0.3 is 10.1 Å². The molecule has 1 unspecified atom stereocenters. The largest absolute Gasteiger partial charge is 0.383 e. The molecule has 0 bridgehead atoms. The van der Waals surface area contributed by atoms with Crippen molar-refractivity contribution in [3.05, 3.63) is 0 Å². The van der Waals surface area contributed by atoms with E-state index in [0.29, 0.717) is 6.04 Å². The lowest BCUT2D eigenvalue weighted by Gasteiger charge is -2.30. The summed E-state index contributed by atoms with van der Waals surface area (Å²) in [6, 6.07) is 0.404. The molecule has 0 aromatic heterocycles. The number of nitrogens with one attached hydrogen (secondary N) is 1. The number of hydrogen-bond acceptors (Lipinski definition) is 3. The van der Waals surface area contributed by atoms with Crippen LogP contribution in [0.2, 0.25) is 0 Å². The molecule has 0 aromatic carbocycles. The Bertz CT molecular complexity index is 220. The number of rotatable bonds is 9. The maximum Gasteiger partial charge on any atom is 0.0630 e. The van der Waals surface area contributed by atoms with Crippen molar-refractivity contribution < 1.29 is 4.74 Å². The molecule has 0 aliphatic heterocycles. The maximum atomic E-state index is 5.44. The average Bonchev–Trinajstić information content (AvgIpc) is 3.07. The molecule has 1 aliphatic rings. The zero-order valence-corrected chi connectivity index (χ0v) is 10.5. The standard InChI is InChI=1S/C13H24N2O/c1-4-8-15(10-12-6-7-12)13(11-16-3)9-14-5-2/h1,12-14H,5-11H2,2-3H3. The first-order chi connectivity index (χ1) is 7.81. The molecule has 0 aromatic rings. The van der Waals surface area contributed by atoms with Gasteiger partial charge in [0.05, 0.1) is 13.2 Å². The Hall–Kier alpha value is -0.560. The van der Waals surface area contributed by atoms with Crippen molar-refractivity contribution in [3.8, 4) is 12.3 Å². The monoisotopic (exact) mass is 224 g/mol. The van der Waals surface area contributed by atoms with Crippen LogP contribution in [0.15, 0.2) is 0 Å². The van der Waals surface area contributed by atoms with Crippen molar-refractivity contribution >= 4 is 0 Å². The van der Waals surface area contributed by atoms with Gasteiger partial charge in [-0.2, -0.15) is 0 Å². The molecule has 1 N–H and O–H groups in total. The summed E-state index contributed by atoms with van der Waals surface area (Å²) >= 11 is 0. The zero-order valence-electron chi connectivity index (χ0n) is 10.5. The molecule has 3 heteroatoms. The van der Waals surface area contributed by atoms with E-state index in [2.05, 4.69) is 23.1 Å². The minimum Gasteiger partial charge on any atom is -0.383 e. The van der Waals surface area contributed by atoms with Crippen molar-refractivity contribution in [1.29, 1.82) is 0 Å². The molecule has 3 nitrogen and oxygen atoms in total. The van der Waals surface area contributed by atoms with E-state index in [9.17, 15) is 0 Å². The van der Waals surface area contributed by atoms with Gasteiger partial charge in [0.1, 0.15) is 0 Å². The lowest BCUT2D eigenvalue weighted by atomic mass is 10.2. The van der Waals surface area contributed by atoms with Crippen LogP contribution in [0.4, 0.5) is 0 Å². The van der Waals surface area contributed by atoms with Crippen molar-refractivity contribution in [2.45, 2.75) is 25.8 Å². The molecule has 0 radical (unpaired) electrons. The summed E-state index contributed by atoms with van der Waals surface area (Å²) in [5.41, 5.74) is 0. The molecule has 0 amide bonds. The minimum absolute atomic E-state index is 0.404. The highest BCUT2D eigenvalue weighted by Crippen LogP contribution is 2.30. The summed E-state index contributed by atoms with van der Waals surface area (Å²) in [4.78, 5) is 2.38. The van der Waals surface area contributed by atoms with Crippen LogP contribution in [-0.4, -0.2) is 50.8 Å². The van der Waals surface area contributed by atoms with Gasteiger partial charge in [0.15, 0.2) is 0 Å². The molecule has 0 spiro atoms. The highest BCUT2D eigenvalue weighted by Gasteiger charge is 2.27. The van der Waals surface area contributed by atoms with E-state index in [1.165, 1.54) is 12.8 Å². The van der Waals surface area contributed by atoms with E-state index in [1.54, 1.807) is 7.11 Å². The Morgan fingerprint density at radius 2 is 2.31 bits per heavy atom. The number of likely N-dealkylation sites (N-methyl/N-ethyl adjacent to an activating group) is 1. The molecule has 1 rings (SSSR count). The van der Waals surface area contributed by atoms with Gasteiger partial charge in [-0.15, -0.1) is 6.42 Å². The van der Waals surface area contributed by atoms with E-state index >= 15 is 0 Å². The van der Waals surface area contributed by atoms with Crippen LogP contribution >= 0.6 is 0 Å². The summed E-state index contributed by atoms with van der Waals surface area (Å²) in [6.45, 7) is 6.68. The SMILES string of the molecule is C#CCN(CC1CC1)C(CNCC)COC. The Balaban J connectivity index is 2.42. The van der Waals surface area contributed by atoms with Crippen LogP contribution < -0.4 is 5.32 Å².